The highest BCUT2D eigenvalue weighted by molar-refractivity contribution is 4.98. The van der Waals surface area contributed by atoms with E-state index >= 15 is 0 Å². The molecule has 1 aromatic rings. The summed E-state index contributed by atoms with van der Waals surface area (Å²) in [5.41, 5.74) is 0.582. The standard InChI is InChI=1S/C14H23NO/c1-12(6-7-13-5-3-10-16-13)15-11-14(2)8-4-9-14/h3,5,10,12,15H,4,6-9,11H2,1-2H3. The van der Waals surface area contributed by atoms with Gasteiger partial charge in [-0.25, -0.2) is 0 Å². The van der Waals surface area contributed by atoms with Crippen LogP contribution in [-0.4, -0.2) is 12.6 Å². The van der Waals surface area contributed by atoms with Crippen molar-refractivity contribution >= 4 is 0 Å². The molecule has 0 saturated heterocycles. The molecule has 0 spiro atoms. The number of rotatable bonds is 6. The summed E-state index contributed by atoms with van der Waals surface area (Å²) in [5, 5.41) is 3.65. The summed E-state index contributed by atoms with van der Waals surface area (Å²) in [6.45, 7) is 5.83. The van der Waals surface area contributed by atoms with Gasteiger partial charge in [-0.2, -0.15) is 0 Å². The first kappa shape index (κ1) is 11.7. The van der Waals surface area contributed by atoms with Gasteiger partial charge >= 0.3 is 0 Å². The molecule has 1 aliphatic carbocycles. The summed E-state index contributed by atoms with van der Waals surface area (Å²) in [6.07, 6.45) is 8.15. The maximum Gasteiger partial charge on any atom is 0.103 e. The first-order valence-corrected chi connectivity index (χ1v) is 6.44. The van der Waals surface area contributed by atoms with Crippen LogP contribution in [0.2, 0.25) is 0 Å². The molecule has 2 nitrogen and oxygen atoms in total. The molecular weight excluding hydrogens is 198 g/mol. The average molecular weight is 221 g/mol. The van der Waals surface area contributed by atoms with Gasteiger partial charge in [0, 0.05) is 19.0 Å². The highest BCUT2D eigenvalue weighted by atomic mass is 16.3. The third-order valence-electron chi connectivity index (χ3n) is 3.84. The second-order valence-corrected chi connectivity index (χ2v) is 5.56. The molecule has 1 unspecified atom stereocenters. The van der Waals surface area contributed by atoms with Crippen LogP contribution in [0.5, 0.6) is 0 Å². The fourth-order valence-electron chi connectivity index (χ4n) is 2.29. The highest BCUT2D eigenvalue weighted by Crippen LogP contribution is 2.39. The molecule has 1 fully saturated rings. The van der Waals surface area contributed by atoms with E-state index in [-0.39, 0.29) is 0 Å². The lowest BCUT2D eigenvalue weighted by atomic mass is 9.70. The highest BCUT2D eigenvalue weighted by Gasteiger charge is 2.31. The molecule has 0 bridgehead atoms. The second-order valence-electron chi connectivity index (χ2n) is 5.56. The normalized spacial score (nSPS) is 20.4. The zero-order valence-electron chi connectivity index (χ0n) is 10.5. The van der Waals surface area contributed by atoms with E-state index in [1.54, 1.807) is 6.26 Å². The Balaban J connectivity index is 1.62. The van der Waals surface area contributed by atoms with E-state index in [1.165, 1.54) is 25.8 Å². The average Bonchev–Trinajstić information content (AvgIpc) is 2.73. The third kappa shape index (κ3) is 3.11. The topological polar surface area (TPSA) is 25.2 Å². The Kier molecular flexibility index (Phi) is 3.70. The van der Waals surface area contributed by atoms with Crippen molar-refractivity contribution in [1.82, 2.24) is 5.32 Å². The van der Waals surface area contributed by atoms with Crippen LogP contribution in [0.15, 0.2) is 22.8 Å². The van der Waals surface area contributed by atoms with Crippen molar-refractivity contribution in [2.45, 2.75) is 52.0 Å². The number of hydrogen-bond donors (Lipinski definition) is 1. The molecule has 1 atom stereocenters. The summed E-state index contributed by atoms with van der Waals surface area (Å²) < 4.78 is 5.33. The SMILES string of the molecule is CC(CCc1ccco1)NCC1(C)CCC1. The van der Waals surface area contributed by atoms with E-state index < -0.39 is 0 Å². The summed E-state index contributed by atoms with van der Waals surface area (Å²) in [6, 6.07) is 4.60. The van der Waals surface area contributed by atoms with Crippen molar-refractivity contribution in [3.8, 4) is 0 Å². The monoisotopic (exact) mass is 221 g/mol. The molecule has 1 saturated carbocycles. The lowest BCUT2D eigenvalue weighted by Crippen LogP contribution is -2.41. The molecule has 1 aromatic heterocycles. The van der Waals surface area contributed by atoms with Crippen molar-refractivity contribution < 1.29 is 4.42 Å². The largest absolute Gasteiger partial charge is 0.469 e. The Hall–Kier alpha value is -0.760. The van der Waals surface area contributed by atoms with Crippen LogP contribution in [0.25, 0.3) is 0 Å². The molecule has 2 rings (SSSR count). The molecule has 1 aliphatic rings. The molecule has 2 heteroatoms. The van der Waals surface area contributed by atoms with Crippen LogP contribution < -0.4 is 5.32 Å². The Morgan fingerprint density at radius 2 is 2.31 bits per heavy atom. The lowest BCUT2D eigenvalue weighted by molar-refractivity contribution is 0.151. The van der Waals surface area contributed by atoms with Gasteiger partial charge in [-0.3, -0.25) is 0 Å². The first-order chi connectivity index (χ1) is 7.68. The van der Waals surface area contributed by atoms with Crippen LogP contribution >= 0.6 is 0 Å². The minimum Gasteiger partial charge on any atom is -0.469 e. The number of furan rings is 1. The van der Waals surface area contributed by atoms with Gasteiger partial charge in [-0.1, -0.05) is 13.3 Å². The van der Waals surface area contributed by atoms with E-state index in [2.05, 4.69) is 25.2 Å². The quantitative estimate of drug-likeness (QED) is 0.796. The molecule has 0 aromatic carbocycles. The van der Waals surface area contributed by atoms with Gasteiger partial charge in [0.1, 0.15) is 5.76 Å². The van der Waals surface area contributed by atoms with Crippen LogP contribution in [-0.2, 0) is 6.42 Å². The second kappa shape index (κ2) is 5.05. The minimum absolute atomic E-state index is 0.582. The molecule has 1 N–H and O–H groups in total. The molecule has 90 valence electrons. The molecule has 0 radical (unpaired) electrons. The Bertz CT molecular complexity index is 301. The van der Waals surface area contributed by atoms with Gasteiger partial charge in [-0.05, 0) is 43.7 Å². The van der Waals surface area contributed by atoms with Crippen LogP contribution in [0.4, 0.5) is 0 Å². The van der Waals surface area contributed by atoms with Crippen LogP contribution in [0.1, 0.15) is 45.3 Å². The van der Waals surface area contributed by atoms with Gasteiger partial charge in [0.05, 0.1) is 6.26 Å². The molecular formula is C14H23NO. The fourth-order valence-corrected chi connectivity index (χ4v) is 2.29. The molecule has 16 heavy (non-hydrogen) atoms. The van der Waals surface area contributed by atoms with Gasteiger partial charge in [0.15, 0.2) is 0 Å². The maximum absolute atomic E-state index is 5.33. The molecule has 0 amide bonds. The Labute approximate surface area is 98.4 Å². The fraction of sp³-hybridized carbons (Fsp3) is 0.714. The van der Waals surface area contributed by atoms with Crippen molar-refractivity contribution in [3.63, 3.8) is 0 Å². The zero-order valence-corrected chi connectivity index (χ0v) is 10.5. The number of nitrogens with one attached hydrogen (secondary N) is 1. The predicted octanol–water partition coefficient (Wildman–Crippen LogP) is 3.38. The Morgan fingerprint density at radius 1 is 1.50 bits per heavy atom. The van der Waals surface area contributed by atoms with Crippen molar-refractivity contribution in [1.29, 1.82) is 0 Å². The van der Waals surface area contributed by atoms with Crippen LogP contribution in [0.3, 0.4) is 0 Å². The number of hydrogen-bond acceptors (Lipinski definition) is 2. The van der Waals surface area contributed by atoms with Gasteiger partial charge in [-0.15, -0.1) is 0 Å². The van der Waals surface area contributed by atoms with E-state index in [0.717, 1.165) is 18.6 Å². The lowest BCUT2D eigenvalue weighted by Gasteiger charge is -2.39. The smallest absolute Gasteiger partial charge is 0.103 e. The van der Waals surface area contributed by atoms with Gasteiger partial charge in [0.25, 0.3) is 0 Å². The summed E-state index contributed by atoms with van der Waals surface area (Å²) in [5.74, 6) is 1.10. The predicted molar refractivity (Wildman–Crippen MR) is 66.5 cm³/mol. The van der Waals surface area contributed by atoms with Gasteiger partial charge < -0.3 is 9.73 Å². The van der Waals surface area contributed by atoms with Crippen molar-refractivity contribution in [2.24, 2.45) is 5.41 Å². The third-order valence-corrected chi connectivity index (χ3v) is 3.84. The zero-order chi connectivity index (χ0) is 11.4. The Morgan fingerprint density at radius 3 is 2.88 bits per heavy atom. The molecule has 0 aliphatic heterocycles. The van der Waals surface area contributed by atoms with Crippen molar-refractivity contribution in [2.75, 3.05) is 6.54 Å². The van der Waals surface area contributed by atoms with Crippen molar-refractivity contribution in [3.05, 3.63) is 24.2 Å². The van der Waals surface area contributed by atoms with Crippen LogP contribution in [0, 0.1) is 5.41 Å². The van der Waals surface area contributed by atoms with E-state index in [9.17, 15) is 0 Å². The van der Waals surface area contributed by atoms with Gasteiger partial charge in [0.2, 0.25) is 0 Å². The van der Waals surface area contributed by atoms with E-state index in [0.29, 0.717) is 11.5 Å². The van der Waals surface area contributed by atoms with E-state index in [4.69, 9.17) is 4.42 Å². The maximum atomic E-state index is 5.33. The summed E-state index contributed by atoms with van der Waals surface area (Å²) >= 11 is 0. The number of aryl methyl sites for hydroxylation is 1. The summed E-state index contributed by atoms with van der Waals surface area (Å²) in [7, 11) is 0. The van der Waals surface area contributed by atoms with E-state index in [1.807, 2.05) is 6.07 Å². The summed E-state index contributed by atoms with van der Waals surface area (Å²) in [4.78, 5) is 0. The molecule has 1 heterocycles. The first-order valence-electron chi connectivity index (χ1n) is 6.44. The minimum atomic E-state index is 0.582.